The highest BCUT2D eigenvalue weighted by Gasteiger charge is 2.55. The molecule has 0 aliphatic carbocycles. The van der Waals surface area contributed by atoms with Crippen LogP contribution in [-0.4, -0.2) is 123 Å². The fourth-order valence-electron chi connectivity index (χ4n) is 5.67. The van der Waals surface area contributed by atoms with Gasteiger partial charge in [-0.15, -0.1) is 16.9 Å². The van der Waals surface area contributed by atoms with Crippen LogP contribution in [-0.2, 0) is 39.9 Å². The number of amides is 3. The van der Waals surface area contributed by atoms with Crippen LogP contribution >= 0.6 is 34.7 Å². The fraction of sp³-hybridized carbons (Fsp3) is 0.371. The lowest BCUT2D eigenvalue weighted by Gasteiger charge is -2.50. The predicted molar refractivity (Wildman–Crippen MR) is 216 cm³/mol. The first kappa shape index (κ1) is 42.8. The normalized spacial score (nSPS) is 17.0. The maximum absolute atomic E-state index is 14.2. The second kappa shape index (κ2) is 18.4. The van der Waals surface area contributed by atoms with Gasteiger partial charge in [-0.05, 0) is 68.0 Å². The largest absolute Gasteiger partial charge is 0.541 e. The summed E-state index contributed by atoms with van der Waals surface area (Å²) in [6.45, 7) is 6.62. The van der Waals surface area contributed by atoms with Crippen LogP contribution in [0.5, 0.6) is 11.5 Å². The molecule has 1 aromatic carbocycles. The lowest BCUT2D eigenvalue weighted by Crippen LogP contribution is -2.72. The Balaban J connectivity index is 1.29. The lowest BCUT2D eigenvalue weighted by molar-refractivity contribution is -0.175. The molecule has 0 radical (unpaired) electrons. The predicted octanol–water partition coefficient (Wildman–Crippen LogP) is 2.68. The lowest BCUT2D eigenvalue weighted by atomic mass is 9.98. The van der Waals surface area contributed by atoms with Gasteiger partial charge in [-0.1, -0.05) is 28.1 Å². The molecule has 59 heavy (non-hydrogen) atoms. The number of hydrogen-bond donors (Lipinski definition) is 2. The smallest absolute Gasteiger partial charge is 0.413 e. The number of thiazole rings is 1. The molecular formula is C35H38BClN10O10S2. The third-order valence-electron chi connectivity index (χ3n) is 8.42. The van der Waals surface area contributed by atoms with E-state index in [0.717, 1.165) is 29.8 Å². The van der Waals surface area contributed by atoms with Crippen molar-refractivity contribution in [3.05, 3.63) is 69.7 Å². The molecule has 2 aliphatic heterocycles. The summed E-state index contributed by atoms with van der Waals surface area (Å²) < 4.78 is 28.6. The van der Waals surface area contributed by atoms with E-state index in [9.17, 15) is 19.2 Å². The number of tetrazole rings is 1. The van der Waals surface area contributed by atoms with E-state index in [0.29, 0.717) is 28.5 Å². The van der Waals surface area contributed by atoms with Crippen molar-refractivity contribution in [3.63, 3.8) is 0 Å². The van der Waals surface area contributed by atoms with E-state index in [1.54, 1.807) is 52.4 Å². The third kappa shape index (κ3) is 9.92. The second-order valence-electron chi connectivity index (χ2n) is 13.6. The van der Waals surface area contributed by atoms with Crippen LogP contribution in [0.1, 0.15) is 44.8 Å². The molecule has 4 aromatic rings. The van der Waals surface area contributed by atoms with Gasteiger partial charge in [0.05, 0.1) is 33.1 Å². The van der Waals surface area contributed by atoms with Gasteiger partial charge in [0, 0.05) is 34.7 Å². The zero-order chi connectivity index (χ0) is 42.4. The van der Waals surface area contributed by atoms with Crippen molar-refractivity contribution >= 4 is 83.2 Å². The number of aromatic nitrogens is 6. The number of halogens is 1. The summed E-state index contributed by atoms with van der Waals surface area (Å²) in [6, 6.07) is 7.82. The van der Waals surface area contributed by atoms with Gasteiger partial charge in [-0.25, -0.2) is 19.3 Å². The van der Waals surface area contributed by atoms with Gasteiger partial charge in [0.15, 0.2) is 28.9 Å². The molecule has 2 aliphatic rings. The van der Waals surface area contributed by atoms with Crippen molar-refractivity contribution in [2.24, 2.45) is 5.16 Å². The van der Waals surface area contributed by atoms with Gasteiger partial charge < -0.3 is 33.8 Å². The molecule has 3 amide bonds. The minimum atomic E-state index is -1.25. The van der Waals surface area contributed by atoms with E-state index < -0.39 is 53.6 Å². The molecule has 6 rings (SSSR count). The van der Waals surface area contributed by atoms with Crippen molar-refractivity contribution in [2.45, 2.75) is 63.1 Å². The Morgan fingerprint density at radius 1 is 1.17 bits per heavy atom. The van der Waals surface area contributed by atoms with Crippen molar-refractivity contribution in [2.75, 3.05) is 31.9 Å². The Morgan fingerprint density at radius 3 is 2.63 bits per heavy atom. The van der Waals surface area contributed by atoms with Gasteiger partial charge in [0.25, 0.3) is 11.8 Å². The highest BCUT2D eigenvalue weighted by molar-refractivity contribution is 7.99. The molecular weight excluding hydrogens is 831 g/mol. The Kier molecular flexibility index (Phi) is 13.4. The molecule has 3 aromatic heterocycles. The Bertz CT molecular complexity index is 2290. The second-order valence-corrected chi connectivity index (χ2v) is 16.3. The summed E-state index contributed by atoms with van der Waals surface area (Å²) in [6.07, 6.45) is 0.274. The molecule has 24 heteroatoms. The number of methoxy groups -OCH3 is 2. The number of ether oxygens (including phenoxy) is 4. The van der Waals surface area contributed by atoms with E-state index in [2.05, 4.69) is 41.3 Å². The number of nitrogens with one attached hydrogen (secondary N) is 2. The number of carbonyl (C=O) groups is 4. The highest BCUT2D eigenvalue weighted by Crippen LogP contribution is 2.40. The van der Waals surface area contributed by atoms with Gasteiger partial charge in [0.2, 0.25) is 6.10 Å². The average molecular weight is 869 g/mol. The number of hydrogen-bond acceptors (Lipinski definition) is 18. The van der Waals surface area contributed by atoms with Gasteiger partial charge >= 0.3 is 20.1 Å². The number of pyridine rings is 1. The van der Waals surface area contributed by atoms with Crippen LogP contribution in [0.3, 0.4) is 0 Å². The number of benzene rings is 1. The monoisotopic (exact) mass is 868 g/mol. The summed E-state index contributed by atoms with van der Waals surface area (Å²) in [5, 5.41) is 21.5. The maximum atomic E-state index is 14.2. The van der Waals surface area contributed by atoms with E-state index >= 15 is 0 Å². The van der Waals surface area contributed by atoms with E-state index in [1.807, 2.05) is 18.2 Å². The molecule has 0 saturated carbocycles. The Hall–Kier alpha value is -5.78. The number of anilines is 1. The van der Waals surface area contributed by atoms with Crippen LogP contribution in [0, 0.1) is 0 Å². The highest BCUT2D eigenvalue weighted by atomic mass is 35.5. The van der Waals surface area contributed by atoms with E-state index in [4.69, 9.17) is 40.0 Å². The third-order valence-corrected chi connectivity index (χ3v) is 10.7. The van der Waals surface area contributed by atoms with Crippen molar-refractivity contribution in [1.82, 2.24) is 40.4 Å². The molecule has 0 unspecified atom stereocenters. The number of rotatable bonds is 15. The first-order chi connectivity index (χ1) is 28.2. The quantitative estimate of drug-likeness (QED) is 0.0575. The molecule has 310 valence electrons. The summed E-state index contributed by atoms with van der Waals surface area (Å²) >= 11 is 8.82. The molecule has 1 fully saturated rings. The van der Waals surface area contributed by atoms with Gasteiger partial charge in [-0.3, -0.25) is 24.8 Å². The minimum absolute atomic E-state index is 0.0285. The van der Waals surface area contributed by atoms with Gasteiger partial charge in [-0.2, -0.15) is 0 Å². The van der Waals surface area contributed by atoms with Gasteiger partial charge in [0.1, 0.15) is 27.1 Å². The summed E-state index contributed by atoms with van der Waals surface area (Å²) in [7, 11) is 4.25. The number of β-lactam (4-membered cyclic amide) rings is 1. The van der Waals surface area contributed by atoms with E-state index in [1.165, 1.54) is 35.4 Å². The molecule has 3 atom stereocenters. The van der Waals surface area contributed by atoms with Crippen molar-refractivity contribution in [3.8, 4) is 11.5 Å². The summed E-state index contributed by atoms with van der Waals surface area (Å²) in [5.74, 6) is -0.500. The minimum Gasteiger partial charge on any atom is -0.541 e. The SMILES string of the molecule is BOC(=O)[C@H](C)O/N=C(\C(=O)N[C@@H]1C(=O)N2C(c3nnnn3Cc3ccc(OC)cc3OC)=C(CSc3ccncc3)CO[C@H]12)c1nc(NC(=O)OC(C)(C)C)sc1Cl. The Morgan fingerprint density at radius 2 is 1.93 bits per heavy atom. The van der Waals surface area contributed by atoms with E-state index in [-0.39, 0.29) is 34.1 Å². The molecule has 5 heterocycles. The van der Waals surface area contributed by atoms with Crippen LogP contribution in [0.15, 0.2) is 58.3 Å². The molecule has 0 spiro atoms. The summed E-state index contributed by atoms with van der Waals surface area (Å²) in [4.78, 5) is 68.8. The molecule has 2 N–H and O–H groups in total. The zero-order valence-electron chi connectivity index (χ0n) is 32.7. The summed E-state index contributed by atoms with van der Waals surface area (Å²) in [5.41, 5.74) is 0.303. The standard InChI is InChI=1S/C35H38BClN10O10S2/c1-17(32(50)56-36)57-43-24(23-27(37)59-33(40-23)41-34(51)55-35(2,3)4)29(48)39-25-30(49)47-26(19(15-54-31(25)47)16-58-21-9-11-38-12-10-21)28-42-44-45-46(28)14-18-7-8-20(52-5)13-22(18)53-6/h7-13,17,25,31H,14-16,36H2,1-6H3,(H,39,48)(H,40,41,51)/b43-24-/t17-,25+,31+/m0/s1. The topological polar surface area (TPSA) is 233 Å². The first-order valence-corrected chi connectivity index (χ1v) is 19.9. The number of oxime groups is 1. The van der Waals surface area contributed by atoms with Crippen LogP contribution < -0.4 is 20.1 Å². The van der Waals surface area contributed by atoms with Crippen LogP contribution in [0.2, 0.25) is 4.34 Å². The van der Waals surface area contributed by atoms with Crippen LogP contribution in [0.25, 0.3) is 5.70 Å². The first-order valence-electron chi connectivity index (χ1n) is 17.7. The zero-order valence-corrected chi connectivity index (χ0v) is 35.1. The number of fused-ring (bicyclic) bond motifs is 1. The number of carbonyl (C=O) groups excluding carboxylic acids is 4. The van der Waals surface area contributed by atoms with Crippen molar-refractivity contribution < 1.29 is 47.6 Å². The number of thioether (sulfide) groups is 1. The number of nitrogens with zero attached hydrogens (tertiary/aromatic N) is 8. The fourth-order valence-corrected chi connectivity index (χ4v) is 7.58. The van der Waals surface area contributed by atoms with Crippen molar-refractivity contribution in [1.29, 1.82) is 0 Å². The Labute approximate surface area is 351 Å². The molecule has 0 bridgehead atoms. The average Bonchev–Trinajstić information content (AvgIpc) is 3.83. The maximum Gasteiger partial charge on any atom is 0.413 e. The van der Waals surface area contributed by atoms with Crippen LogP contribution in [0.4, 0.5) is 9.93 Å². The molecule has 20 nitrogen and oxygen atoms in total. The molecule has 1 saturated heterocycles.